The average molecular weight is 365 g/mol. The standard InChI is InChI=1S/C15H13F2N5O4/c1-25-8-2-3-9(26-15(16)17)7(4-8)5-18-14(24)11-10-12(22-21-11)19-6-20-13(10)23/h2-4,6,15H,5H2,1H3,(H,18,24)(H2,19,20,21,22,23). The number of ether oxygens (including phenoxy) is 2. The maximum absolute atomic E-state index is 12.5. The van der Waals surface area contributed by atoms with Gasteiger partial charge in [0, 0.05) is 12.1 Å². The number of nitrogens with one attached hydrogen (secondary N) is 3. The van der Waals surface area contributed by atoms with Crippen LogP contribution in [0.1, 0.15) is 16.1 Å². The molecule has 2 aromatic heterocycles. The first-order valence-corrected chi connectivity index (χ1v) is 7.31. The van der Waals surface area contributed by atoms with Gasteiger partial charge in [0.05, 0.1) is 13.4 Å². The predicted molar refractivity (Wildman–Crippen MR) is 85.3 cm³/mol. The Morgan fingerprint density at radius 2 is 2.19 bits per heavy atom. The second kappa shape index (κ2) is 7.17. The van der Waals surface area contributed by atoms with Crippen LogP contribution in [0.4, 0.5) is 8.78 Å². The number of methoxy groups -OCH3 is 1. The minimum Gasteiger partial charge on any atom is -0.497 e. The van der Waals surface area contributed by atoms with Crippen LogP contribution in [0.5, 0.6) is 11.5 Å². The number of benzene rings is 1. The van der Waals surface area contributed by atoms with E-state index in [9.17, 15) is 18.4 Å². The van der Waals surface area contributed by atoms with Crippen molar-refractivity contribution in [3.8, 4) is 11.5 Å². The minimum atomic E-state index is -3.01. The Morgan fingerprint density at radius 3 is 2.92 bits per heavy atom. The Bertz CT molecular complexity index is 1000. The van der Waals surface area contributed by atoms with Crippen molar-refractivity contribution in [1.29, 1.82) is 0 Å². The molecule has 3 aromatic rings. The molecule has 0 saturated carbocycles. The highest BCUT2D eigenvalue weighted by Gasteiger charge is 2.18. The lowest BCUT2D eigenvalue weighted by Gasteiger charge is -2.12. The zero-order valence-corrected chi connectivity index (χ0v) is 13.4. The number of halogens is 2. The minimum absolute atomic E-state index is 0.000281. The predicted octanol–water partition coefficient (Wildman–Crippen LogP) is 1.19. The van der Waals surface area contributed by atoms with Gasteiger partial charge in [0.15, 0.2) is 5.65 Å². The molecule has 0 aliphatic heterocycles. The van der Waals surface area contributed by atoms with E-state index in [1.165, 1.54) is 25.3 Å². The molecule has 0 spiro atoms. The number of rotatable bonds is 6. The van der Waals surface area contributed by atoms with Crippen LogP contribution in [0.25, 0.3) is 11.0 Å². The summed E-state index contributed by atoms with van der Waals surface area (Å²) < 4.78 is 34.5. The fourth-order valence-electron chi connectivity index (χ4n) is 2.33. The Hall–Kier alpha value is -3.50. The number of H-pyrrole nitrogens is 2. The Labute approximate surface area is 144 Å². The van der Waals surface area contributed by atoms with Crippen LogP contribution in [0.3, 0.4) is 0 Å². The summed E-state index contributed by atoms with van der Waals surface area (Å²) in [6.07, 6.45) is 1.16. The average Bonchev–Trinajstić information content (AvgIpc) is 3.06. The number of hydrogen-bond acceptors (Lipinski definition) is 6. The molecule has 3 N–H and O–H groups in total. The largest absolute Gasteiger partial charge is 0.497 e. The highest BCUT2D eigenvalue weighted by Crippen LogP contribution is 2.25. The quantitative estimate of drug-likeness (QED) is 0.603. The van der Waals surface area contributed by atoms with Gasteiger partial charge in [0.25, 0.3) is 11.5 Å². The van der Waals surface area contributed by atoms with E-state index in [0.717, 1.165) is 6.33 Å². The molecule has 0 saturated heterocycles. The van der Waals surface area contributed by atoms with Crippen molar-refractivity contribution in [3.63, 3.8) is 0 Å². The highest BCUT2D eigenvalue weighted by molar-refractivity contribution is 6.03. The number of alkyl halides is 2. The van der Waals surface area contributed by atoms with Crippen molar-refractivity contribution >= 4 is 16.9 Å². The summed E-state index contributed by atoms with van der Waals surface area (Å²) in [4.78, 5) is 30.4. The summed E-state index contributed by atoms with van der Waals surface area (Å²) in [5.41, 5.74) is -0.263. The molecule has 11 heteroatoms. The van der Waals surface area contributed by atoms with E-state index in [1.54, 1.807) is 0 Å². The maximum Gasteiger partial charge on any atom is 0.387 e. The third kappa shape index (κ3) is 3.45. The number of hydrogen-bond donors (Lipinski definition) is 3. The monoisotopic (exact) mass is 365 g/mol. The van der Waals surface area contributed by atoms with Crippen LogP contribution in [-0.4, -0.2) is 39.8 Å². The molecule has 0 aliphatic rings. The number of aromatic amines is 2. The van der Waals surface area contributed by atoms with Gasteiger partial charge >= 0.3 is 6.61 Å². The molecule has 136 valence electrons. The Morgan fingerprint density at radius 1 is 1.38 bits per heavy atom. The van der Waals surface area contributed by atoms with E-state index in [1.807, 2.05) is 0 Å². The lowest BCUT2D eigenvalue weighted by molar-refractivity contribution is -0.0505. The number of fused-ring (bicyclic) bond motifs is 1. The molecule has 0 aliphatic carbocycles. The van der Waals surface area contributed by atoms with Gasteiger partial charge in [0.1, 0.15) is 22.6 Å². The molecule has 0 unspecified atom stereocenters. The summed E-state index contributed by atoms with van der Waals surface area (Å²) >= 11 is 0. The second-order valence-electron chi connectivity index (χ2n) is 5.06. The molecule has 2 heterocycles. The molecule has 0 fully saturated rings. The second-order valence-corrected chi connectivity index (χ2v) is 5.06. The summed E-state index contributed by atoms with van der Waals surface area (Å²) in [6.45, 7) is -3.16. The van der Waals surface area contributed by atoms with Crippen molar-refractivity contribution in [2.75, 3.05) is 7.11 Å². The van der Waals surface area contributed by atoms with Crippen molar-refractivity contribution in [1.82, 2.24) is 25.5 Å². The van der Waals surface area contributed by atoms with Crippen molar-refractivity contribution < 1.29 is 23.0 Å². The molecular formula is C15H13F2N5O4. The molecule has 1 aromatic carbocycles. The number of nitrogens with zero attached hydrogens (tertiary/aromatic N) is 2. The van der Waals surface area contributed by atoms with Gasteiger partial charge in [-0.25, -0.2) is 4.98 Å². The zero-order chi connectivity index (χ0) is 18.7. The summed E-state index contributed by atoms with van der Waals surface area (Å²) in [5.74, 6) is -0.351. The van der Waals surface area contributed by atoms with Crippen molar-refractivity contribution in [3.05, 3.63) is 46.1 Å². The first-order chi connectivity index (χ1) is 12.5. The maximum atomic E-state index is 12.5. The van der Waals surface area contributed by atoms with E-state index in [2.05, 4.69) is 30.2 Å². The van der Waals surface area contributed by atoms with Gasteiger partial charge in [-0.1, -0.05) is 0 Å². The molecular weight excluding hydrogens is 352 g/mol. The third-order valence-electron chi connectivity index (χ3n) is 3.51. The van der Waals surface area contributed by atoms with E-state index < -0.39 is 18.1 Å². The number of amides is 1. The van der Waals surface area contributed by atoms with E-state index in [4.69, 9.17) is 4.74 Å². The van der Waals surface area contributed by atoms with Crippen LogP contribution in [0.15, 0.2) is 29.3 Å². The number of carbonyl (C=O) groups excluding carboxylic acids is 1. The van der Waals surface area contributed by atoms with Gasteiger partial charge in [-0.2, -0.15) is 13.9 Å². The molecule has 0 atom stereocenters. The molecule has 3 rings (SSSR count). The van der Waals surface area contributed by atoms with E-state index in [-0.39, 0.29) is 34.6 Å². The van der Waals surface area contributed by atoms with Gasteiger partial charge in [0.2, 0.25) is 0 Å². The van der Waals surface area contributed by atoms with E-state index >= 15 is 0 Å². The molecule has 9 nitrogen and oxygen atoms in total. The fraction of sp³-hybridized carbons (Fsp3) is 0.200. The zero-order valence-electron chi connectivity index (χ0n) is 13.4. The molecule has 0 radical (unpaired) electrons. The topological polar surface area (TPSA) is 122 Å². The van der Waals surface area contributed by atoms with Crippen molar-refractivity contribution in [2.24, 2.45) is 0 Å². The van der Waals surface area contributed by atoms with E-state index in [0.29, 0.717) is 5.75 Å². The summed E-state index contributed by atoms with van der Waals surface area (Å²) in [6, 6.07) is 4.22. The van der Waals surface area contributed by atoms with Gasteiger partial charge in [-0.05, 0) is 18.2 Å². The highest BCUT2D eigenvalue weighted by atomic mass is 19.3. The summed E-state index contributed by atoms with van der Waals surface area (Å²) in [7, 11) is 1.42. The van der Waals surface area contributed by atoms with Crippen molar-refractivity contribution in [2.45, 2.75) is 13.2 Å². The van der Waals surface area contributed by atoms with Crippen LogP contribution in [0, 0.1) is 0 Å². The van der Waals surface area contributed by atoms with Gasteiger partial charge in [-0.15, -0.1) is 0 Å². The Kier molecular flexibility index (Phi) is 4.78. The summed E-state index contributed by atoms with van der Waals surface area (Å²) in [5, 5.41) is 8.73. The van der Waals surface area contributed by atoms with Crippen LogP contribution < -0.4 is 20.3 Å². The molecule has 0 bridgehead atoms. The SMILES string of the molecule is COc1ccc(OC(F)F)c(CNC(=O)c2[nH]nc3nc[nH]c(=O)c23)c1. The smallest absolute Gasteiger partial charge is 0.387 e. The van der Waals surface area contributed by atoms with Gasteiger partial charge in [-0.3, -0.25) is 14.7 Å². The first-order valence-electron chi connectivity index (χ1n) is 7.31. The first kappa shape index (κ1) is 17.3. The van der Waals surface area contributed by atoms with Crippen LogP contribution >= 0.6 is 0 Å². The lowest BCUT2D eigenvalue weighted by Crippen LogP contribution is -2.25. The number of aromatic nitrogens is 4. The Balaban J connectivity index is 1.84. The normalized spacial score (nSPS) is 10.9. The van der Waals surface area contributed by atoms with Crippen LogP contribution in [0.2, 0.25) is 0 Å². The fourth-order valence-corrected chi connectivity index (χ4v) is 2.33. The van der Waals surface area contributed by atoms with Crippen LogP contribution in [-0.2, 0) is 6.54 Å². The molecule has 1 amide bonds. The lowest BCUT2D eigenvalue weighted by atomic mass is 10.2. The third-order valence-corrected chi connectivity index (χ3v) is 3.51. The number of carbonyl (C=O) groups is 1. The molecule has 26 heavy (non-hydrogen) atoms. The van der Waals surface area contributed by atoms with Gasteiger partial charge < -0.3 is 19.8 Å².